The lowest BCUT2D eigenvalue weighted by Gasteiger charge is -2.36. The van der Waals surface area contributed by atoms with E-state index in [-0.39, 0.29) is 5.41 Å². The van der Waals surface area contributed by atoms with Crippen LogP contribution >= 0.6 is 0 Å². The topological polar surface area (TPSA) is 9.23 Å². The van der Waals surface area contributed by atoms with Crippen LogP contribution in [0.5, 0.6) is 0 Å². The highest BCUT2D eigenvalue weighted by Gasteiger charge is 2.36. The van der Waals surface area contributed by atoms with Crippen LogP contribution in [0.4, 0.5) is 0 Å². The lowest BCUT2D eigenvalue weighted by molar-refractivity contribution is 0.272. The molecule has 0 saturated carbocycles. The van der Waals surface area contributed by atoms with E-state index in [2.05, 4.69) is 90.2 Å². The van der Waals surface area contributed by atoms with E-state index in [1.165, 1.54) is 29.2 Å². The number of hydrogen-bond donors (Lipinski definition) is 0. The molecule has 0 aliphatic rings. The van der Waals surface area contributed by atoms with Crippen LogP contribution in [-0.4, -0.2) is 14.9 Å². The number of fused-ring (bicyclic) bond motifs is 1. The molecule has 2 heteroatoms. The Morgan fingerprint density at radius 2 is 1.48 bits per heavy atom. The van der Waals surface area contributed by atoms with Crippen molar-refractivity contribution < 1.29 is 4.43 Å². The molecule has 2 aromatic carbocycles. The molecule has 0 unspecified atom stereocenters. The Kier molecular flexibility index (Phi) is 6.16. The molecule has 0 heterocycles. The minimum Gasteiger partial charge on any atom is -0.417 e. The van der Waals surface area contributed by atoms with Gasteiger partial charge in [-0.25, -0.2) is 0 Å². The van der Waals surface area contributed by atoms with Gasteiger partial charge in [-0.2, -0.15) is 0 Å². The van der Waals surface area contributed by atoms with Crippen LogP contribution in [0.15, 0.2) is 42.5 Å². The zero-order valence-corrected chi connectivity index (χ0v) is 18.3. The highest BCUT2D eigenvalue weighted by atomic mass is 28.4. The summed E-state index contributed by atoms with van der Waals surface area (Å²) in [5.74, 6) is 0. The normalized spacial score (nSPS) is 13.4. The van der Waals surface area contributed by atoms with E-state index in [1.807, 2.05) is 0 Å². The highest BCUT2D eigenvalue weighted by Crippen LogP contribution is 2.37. The fourth-order valence-electron chi connectivity index (χ4n) is 2.97. The third-order valence-electron chi connectivity index (χ3n) is 6.00. The van der Waals surface area contributed by atoms with E-state index in [0.29, 0.717) is 5.04 Å². The van der Waals surface area contributed by atoms with Gasteiger partial charge in [-0.15, -0.1) is 0 Å². The summed E-state index contributed by atoms with van der Waals surface area (Å²) in [6.07, 6.45) is 3.57. The number of hydrogen-bond acceptors (Lipinski definition) is 1. The van der Waals surface area contributed by atoms with Crippen molar-refractivity contribution in [3.63, 3.8) is 0 Å². The van der Waals surface area contributed by atoms with Gasteiger partial charge in [-0.1, -0.05) is 83.5 Å². The Morgan fingerprint density at radius 1 is 0.840 bits per heavy atom. The maximum Gasteiger partial charge on any atom is 0.191 e. The molecule has 0 atom stereocenters. The molecule has 1 nitrogen and oxygen atoms in total. The summed E-state index contributed by atoms with van der Waals surface area (Å²) in [5, 5.41) is 2.97. The van der Waals surface area contributed by atoms with E-state index >= 15 is 0 Å². The number of rotatable bonds is 7. The summed E-state index contributed by atoms with van der Waals surface area (Å²) in [4.78, 5) is 0. The first-order valence-electron chi connectivity index (χ1n) is 9.66. The SMILES string of the molecule is CC(C)(CCCCO[Si](C)(C)C(C)(C)C)c1ccc2ccccc2c1. The van der Waals surface area contributed by atoms with Crippen LogP contribution in [0.25, 0.3) is 10.8 Å². The number of benzene rings is 2. The molecule has 0 radical (unpaired) electrons. The van der Waals surface area contributed by atoms with Crippen molar-refractivity contribution >= 4 is 19.1 Å². The predicted molar refractivity (Wildman–Crippen MR) is 114 cm³/mol. The van der Waals surface area contributed by atoms with Gasteiger partial charge in [0.05, 0.1) is 0 Å². The first-order chi connectivity index (χ1) is 11.5. The smallest absolute Gasteiger partial charge is 0.191 e. The third-order valence-corrected chi connectivity index (χ3v) is 10.5. The average Bonchev–Trinajstić information content (AvgIpc) is 2.52. The molecule has 0 aliphatic heterocycles. The van der Waals surface area contributed by atoms with Crippen molar-refractivity contribution in [1.29, 1.82) is 0 Å². The van der Waals surface area contributed by atoms with Gasteiger partial charge in [0.15, 0.2) is 8.32 Å². The van der Waals surface area contributed by atoms with E-state index in [9.17, 15) is 0 Å². The molecular weight excluding hydrogens is 320 g/mol. The zero-order chi connectivity index (χ0) is 18.7. The van der Waals surface area contributed by atoms with Crippen LogP contribution in [0.3, 0.4) is 0 Å². The first-order valence-corrected chi connectivity index (χ1v) is 12.6. The van der Waals surface area contributed by atoms with Crippen molar-refractivity contribution in [2.45, 2.75) is 77.4 Å². The summed E-state index contributed by atoms with van der Waals surface area (Å²) >= 11 is 0. The summed E-state index contributed by atoms with van der Waals surface area (Å²) < 4.78 is 6.31. The minimum atomic E-state index is -1.60. The van der Waals surface area contributed by atoms with Crippen LogP contribution < -0.4 is 0 Å². The predicted octanol–water partition coefficient (Wildman–Crippen LogP) is 7.31. The summed E-state index contributed by atoms with van der Waals surface area (Å²) in [5.41, 5.74) is 1.65. The molecule has 0 amide bonds. The van der Waals surface area contributed by atoms with E-state index in [0.717, 1.165) is 13.0 Å². The second kappa shape index (κ2) is 7.63. The summed E-state index contributed by atoms with van der Waals surface area (Å²) in [7, 11) is -1.60. The minimum absolute atomic E-state index is 0.209. The fraction of sp³-hybridized carbons (Fsp3) is 0.565. The molecule has 0 aromatic heterocycles. The van der Waals surface area contributed by atoms with Crippen molar-refractivity contribution in [2.24, 2.45) is 0 Å². The molecule has 0 N–H and O–H groups in total. The van der Waals surface area contributed by atoms with E-state index in [4.69, 9.17) is 4.43 Å². The van der Waals surface area contributed by atoms with E-state index in [1.54, 1.807) is 0 Å². The third kappa shape index (κ3) is 5.18. The van der Waals surface area contributed by atoms with Crippen LogP contribution in [0.1, 0.15) is 59.4 Å². The van der Waals surface area contributed by atoms with Gasteiger partial charge >= 0.3 is 0 Å². The maximum absolute atomic E-state index is 6.31. The Labute approximate surface area is 155 Å². The molecule has 138 valence electrons. The first kappa shape index (κ1) is 20.2. The molecule has 0 saturated heterocycles. The van der Waals surface area contributed by atoms with Crippen LogP contribution in [-0.2, 0) is 9.84 Å². The maximum atomic E-state index is 6.31. The molecule has 2 aromatic rings. The van der Waals surface area contributed by atoms with Gasteiger partial charge in [-0.3, -0.25) is 0 Å². The van der Waals surface area contributed by atoms with Crippen molar-refractivity contribution in [3.05, 3.63) is 48.0 Å². The fourth-order valence-corrected chi connectivity index (χ4v) is 4.06. The van der Waals surface area contributed by atoms with Gasteiger partial charge in [0, 0.05) is 6.61 Å². The zero-order valence-electron chi connectivity index (χ0n) is 17.3. The van der Waals surface area contributed by atoms with Crippen molar-refractivity contribution in [3.8, 4) is 0 Å². The van der Waals surface area contributed by atoms with E-state index < -0.39 is 8.32 Å². The molecule has 0 fully saturated rings. The number of unbranched alkanes of at least 4 members (excludes halogenated alkanes) is 1. The molecule has 0 spiro atoms. The monoisotopic (exact) mass is 356 g/mol. The lowest BCUT2D eigenvalue weighted by Crippen LogP contribution is -2.41. The molecule has 0 aliphatic carbocycles. The molecular formula is C23H36OSi. The van der Waals surface area contributed by atoms with Crippen molar-refractivity contribution in [1.82, 2.24) is 0 Å². The quantitative estimate of drug-likeness (QED) is 0.373. The molecule has 2 rings (SSSR count). The molecule has 25 heavy (non-hydrogen) atoms. The summed E-state index contributed by atoms with van der Waals surface area (Å²) in [6, 6.07) is 15.5. The molecule has 0 bridgehead atoms. The Balaban J connectivity index is 1.88. The Morgan fingerprint density at radius 3 is 2.12 bits per heavy atom. The summed E-state index contributed by atoms with van der Waals surface area (Å²) in [6.45, 7) is 17.2. The Bertz CT molecular complexity index is 695. The lowest BCUT2D eigenvalue weighted by atomic mass is 9.79. The highest BCUT2D eigenvalue weighted by molar-refractivity contribution is 6.74. The standard InChI is InChI=1S/C23H36OSi/c1-22(2,3)25(6,7)24-17-11-10-16-23(4,5)21-15-14-19-12-8-9-13-20(19)18-21/h8-9,12-15,18H,10-11,16-17H2,1-7H3. The van der Waals surface area contributed by atoms with Gasteiger partial charge in [0.25, 0.3) is 0 Å². The van der Waals surface area contributed by atoms with Gasteiger partial charge in [0.2, 0.25) is 0 Å². The second-order valence-corrected chi connectivity index (χ2v) is 14.3. The van der Waals surface area contributed by atoms with Gasteiger partial charge in [-0.05, 0) is 52.7 Å². The van der Waals surface area contributed by atoms with Crippen LogP contribution in [0, 0.1) is 0 Å². The van der Waals surface area contributed by atoms with Crippen molar-refractivity contribution in [2.75, 3.05) is 6.61 Å². The largest absolute Gasteiger partial charge is 0.417 e. The van der Waals surface area contributed by atoms with Gasteiger partial charge in [0.1, 0.15) is 0 Å². The average molecular weight is 357 g/mol. The van der Waals surface area contributed by atoms with Gasteiger partial charge < -0.3 is 4.43 Å². The Hall–Kier alpha value is -1.12. The van der Waals surface area contributed by atoms with Crippen LogP contribution in [0.2, 0.25) is 18.1 Å². The second-order valence-electron chi connectivity index (χ2n) is 9.51.